The van der Waals surface area contributed by atoms with Crippen molar-refractivity contribution in [3.05, 3.63) is 29.8 Å². The first-order valence-corrected chi connectivity index (χ1v) is 7.57. The molecule has 0 atom stereocenters. The maximum atomic E-state index is 11.9. The third-order valence-corrected chi connectivity index (χ3v) is 3.94. The third-order valence-electron chi connectivity index (χ3n) is 2.61. The molecule has 1 rings (SSSR count). The molecule has 0 amide bonds. The first-order chi connectivity index (χ1) is 8.92. The smallest absolute Gasteiger partial charge is 0.266 e. The SMILES string of the molecule is Cc1ccc(S(=O)(=O)OCCCCCC(F)F)cc1. The number of rotatable bonds is 8. The lowest BCUT2D eigenvalue weighted by molar-refractivity contribution is 0.133. The van der Waals surface area contributed by atoms with Gasteiger partial charge in [0, 0.05) is 6.42 Å². The summed E-state index contributed by atoms with van der Waals surface area (Å²) in [6, 6.07) is 6.36. The topological polar surface area (TPSA) is 43.4 Å². The molecule has 0 aromatic heterocycles. The van der Waals surface area contributed by atoms with Gasteiger partial charge < -0.3 is 0 Å². The van der Waals surface area contributed by atoms with Crippen LogP contribution in [0.2, 0.25) is 0 Å². The Hall–Kier alpha value is -1.01. The molecule has 3 nitrogen and oxygen atoms in total. The van der Waals surface area contributed by atoms with Gasteiger partial charge in [-0.25, -0.2) is 8.78 Å². The van der Waals surface area contributed by atoms with Crippen LogP contribution in [-0.4, -0.2) is 21.5 Å². The summed E-state index contributed by atoms with van der Waals surface area (Å²) in [4.78, 5) is 0.116. The van der Waals surface area contributed by atoms with Gasteiger partial charge in [0.05, 0.1) is 11.5 Å². The summed E-state index contributed by atoms with van der Waals surface area (Å²) in [6.07, 6.45) is -1.07. The molecule has 0 bridgehead atoms. The van der Waals surface area contributed by atoms with Crippen LogP contribution in [0.1, 0.15) is 31.2 Å². The molecule has 108 valence electrons. The van der Waals surface area contributed by atoms with E-state index in [4.69, 9.17) is 4.18 Å². The van der Waals surface area contributed by atoms with E-state index in [2.05, 4.69) is 0 Å². The van der Waals surface area contributed by atoms with Crippen molar-refractivity contribution in [3.63, 3.8) is 0 Å². The van der Waals surface area contributed by atoms with E-state index in [0.717, 1.165) is 5.56 Å². The molecule has 0 saturated heterocycles. The Labute approximate surface area is 112 Å². The largest absolute Gasteiger partial charge is 0.296 e. The van der Waals surface area contributed by atoms with E-state index in [9.17, 15) is 17.2 Å². The molecule has 0 unspecified atom stereocenters. The summed E-state index contributed by atoms with van der Waals surface area (Å²) in [5.41, 5.74) is 0.964. The van der Waals surface area contributed by atoms with Crippen molar-refractivity contribution in [3.8, 4) is 0 Å². The zero-order valence-corrected chi connectivity index (χ0v) is 11.6. The summed E-state index contributed by atoms with van der Waals surface area (Å²) in [6.45, 7) is 1.89. The van der Waals surface area contributed by atoms with Gasteiger partial charge >= 0.3 is 0 Å². The zero-order chi connectivity index (χ0) is 14.3. The van der Waals surface area contributed by atoms with Crippen LogP contribution >= 0.6 is 0 Å². The van der Waals surface area contributed by atoms with Crippen LogP contribution < -0.4 is 0 Å². The molecule has 0 aliphatic carbocycles. The summed E-state index contributed by atoms with van der Waals surface area (Å²) in [5, 5.41) is 0. The molecular formula is C13H18F2O3S. The molecule has 0 N–H and O–H groups in total. The minimum atomic E-state index is -3.73. The fraction of sp³-hybridized carbons (Fsp3) is 0.538. The molecule has 0 radical (unpaired) electrons. The Morgan fingerprint density at radius 3 is 2.32 bits per heavy atom. The van der Waals surface area contributed by atoms with Gasteiger partial charge in [0.1, 0.15) is 0 Å². The highest BCUT2D eigenvalue weighted by Crippen LogP contribution is 2.14. The molecule has 6 heteroatoms. The second kappa shape index (κ2) is 7.55. The Kier molecular flexibility index (Phi) is 6.37. The second-order valence-electron chi connectivity index (χ2n) is 4.33. The summed E-state index contributed by atoms with van der Waals surface area (Å²) >= 11 is 0. The van der Waals surface area contributed by atoms with Gasteiger partial charge in [-0.3, -0.25) is 4.18 Å². The first kappa shape index (κ1) is 16.0. The number of hydrogen-bond acceptors (Lipinski definition) is 3. The van der Waals surface area contributed by atoms with E-state index in [1.165, 1.54) is 12.1 Å². The number of aryl methyl sites for hydroxylation is 1. The molecule has 0 aliphatic heterocycles. The van der Waals surface area contributed by atoms with Gasteiger partial charge in [-0.1, -0.05) is 24.1 Å². The summed E-state index contributed by atoms with van der Waals surface area (Å²) < 4.78 is 52.1. The van der Waals surface area contributed by atoms with E-state index in [1.54, 1.807) is 12.1 Å². The molecule has 0 spiro atoms. The lowest BCUT2D eigenvalue weighted by Gasteiger charge is -2.06. The van der Waals surface area contributed by atoms with Crippen LogP contribution in [0.3, 0.4) is 0 Å². The average Bonchev–Trinajstić information content (AvgIpc) is 2.34. The maximum absolute atomic E-state index is 11.9. The van der Waals surface area contributed by atoms with Crippen molar-refractivity contribution in [1.82, 2.24) is 0 Å². The van der Waals surface area contributed by atoms with Crippen molar-refractivity contribution < 1.29 is 21.4 Å². The second-order valence-corrected chi connectivity index (χ2v) is 5.94. The Bertz CT molecular complexity index is 469. The van der Waals surface area contributed by atoms with E-state index < -0.39 is 16.5 Å². The minimum absolute atomic E-state index is 0.0272. The van der Waals surface area contributed by atoms with Crippen molar-refractivity contribution in [1.29, 1.82) is 0 Å². The highest BCUT2D eigenvalue weighted by atomic mass is 32.2. The van der Waals surface area contributed by atoms with Crippen LogP contribution in [0.25, 0.3) is 0 Å². The Morgan fingerprint density at radius 2 is 1.74 bits per heavy atom. The monoisotopic (exact) mass is 292 g/mol. The number of benzene rings is 1. The lowest BCUT2D eigenvalue weighted by atomic mass is 10.2. The molecule has 1 aromatic rings. The molecule has 0 fully saturated rings. The standard InChI is InChI=1S/C13H18F2O3S/c1-11-6-8-12(9-7-11)19(16,17)18-10-4-2-3-5-13(14)15/h6-9,13H,2-5,10H2,1H3. The summed E-state index contributed by atoms with van der Waals surface area (Å²) in [5.74, 6) is 0. The highest BCUT2D eigenvalue weighted by molar-refractivity contribution is 7.86. The van der Waals surface area contributed by atoms with Crippen molar-refractivity contribution in [2.45, 2.75) is 43.9 Å². The van der Waals surface area contributed by atoms with Gasteiger partial charge in [0.25, 0.3) is 10.1 Å². The zero-order valence-electron chi connectivity index (χ0n) is 10.8. The van der Waals surface area contributed by atoms with Gasteiger partial charge in [-0.2, -0.15) is 8.42 Å². The van der Waals surface area contributed by atoms with Gasteiger partial charge in [0.15, 0.2) is 0 Å². The quantitative estimate of drug-likeness (QED) is 0.544. The van der Waals surface area contributed by atoms with Gasteiger partial charge in [-0.15, -0.1) is 0 Å². The first-order valence-electron chi connectivity index (χ1n) is 6.16. The number of alkyl halides is 2. The Balaban J connectivity index is 2.33. The fourth-order valence-electron chi connectivity index (χ4n) is 1.52. The normalized spacial score (nSPS) is 12.0. The van der Waals surface area contributed by atoms with Crippen LogP contribution in [0.5, 0.6) is 0 Å². The van der Waals surface area contributed by atoms with Crippen molar-refractivity contribution in [2.75, 3.05) is 6.61 Å². The predicted molar refractivity (Wildman–Crippen MR) is 68.8 cm³/mol. The predicted octanol–water partition coefficient (Wildman–Crippen LogP) is 3.53. The number of unbranched alkanes of at least 4 members (excludes halogenated alkanes) is 2. The molecular weight excluding hydrogens is 274 g/mol. The van der Waals surface area contributed by atoms with Crippen LogP contribution in [-0.2, 0) is 14.3 Å². The van der Waals surface area contributed by atoms with E-state index in [0.29, 0.717) is 19.3 Å². The van der Waals surface area contributed by atoms with E-state index >= 15 is 0 Å². The molecule has 0 heterocycles. The van der Waals surface area contributed by atoms with Gasteiger partial charge in [0.2, 0.25) is 6.43 Å². The number of hydrogen-bond donors (Lipinski definition) is 0. The average molecular weight is 292 g/mol. The van der Waals surface area contributed by atoms with Gasteiger partial charge in [-0.05, 0) is 31.9 Å². The van der Waals surface area contributed by atoms with Crippen LogP contribution in [0.4, 0.5) is 8.78 Å². The molecule has 0 saturated carbocycles. The molecule has 0 aliphatic rings. The number of halogens is 2. The highest BCUT2D eigenvalue weighted by Gasteiger charge is 2.14. The molecule has 1 aromatic carbocycles. The fourth-order valence-corrected chi connectivity index (χ4v) is 2.46. The van der Waals surface area contributed by atoms with Crippen LogP contribution in [0.15, 0.2) is 29.2 Å². The lowest BCUT2D eigenvalue weighted by Crippen LogP contribution is -2.07. The van der Waals surface area contributed by atoms with E-state index in [1.807, 2.05) is 6.92 Å². The summed E-state index contributed by atoms with van der Waals surface area (Å²) in [7, 11) is -3.73. The third kappa shape index (κ3) is 6.11. The molecule has 19 heavy (non-hydrogen) atoms. The van der Waals surface area contributed by atoms with Crippen molar-refractivity contribution in [2.24, 2.45) is 0 Å². The van der Waals surface area contributed by atoms with Crippen LogP contribution in [0, 0.1) is 6.92 Å². The Morgan fingerprint density at radius 1 is 1.11 bits per heavy atom. The maximum Gasteiger partial charge on any atom is 0.296 e. The van der Waals surface area contributed by atoms with Crippen molar-refractivity contribution >= 4 is 10.1 Å². The minimum Gasteiger partial charge on any atom is -0.266 e. The van der Waals surface area contributed by atoms with E-state index in [-0.39, 0.29) is 17.9 Å².